The molecule has 0 bridgehead atoms. The second-order valence-electron chi connectivity index (χ2n) is 3.41. The molecular formula is C12H12FNO4. The van der Waals surface area contributed by atoms with Crippen LogP contribution in [0.3, 0.4) is 0 Å². The Hall–Kier alpha value is -2.24. The first kappa shape index (κ1) is 13.8. The van der Waals surface area contributed by atoms with Gasteiger partial charge in [-0.25, -0.2) is 9.18 Å². The highest BCUT2D eigenvalue weighted by Crippen LogP contribution is 2.31. The molecule has 1 aromatic carbocycles. The third-order valence-electron chi connectivity index (χ3n) is 2.24. The largest absolute Gasteiger partial charge is 0.420 e. The standard InChI is InChI=1S/C12H12FNO4/c1-3-5-11(15)18-12-8(4-2)10(14(16)17)7-6-9(12)13/h3,5-7H,4H2,1-2H3. The molecule has 6 heteroatoms. The number of carbonyl (C=O) groups is 1. The first-order valence-electron chi connectivity index (χ1n) is 5.31. The van der Waals surface area contributed by atoms with Gasteiger partial charge in [0.25, 0.3) is 5.69 Å². The van der Waals surface area contributed by atoms with Crippen LogP contribution in [-0.2, 0) is 11.2 Å². The van der Waals surface area contributed by atoms with Gasteiger partial charge in [-0.15, -0.1) is 0 Å². The van der Waals surface area contributed by atoms with Crippen LogP contribution in [0.2, 0.25) is 0 Å². The van der Waals surface area contributed by atoms with Gasteiger partial charge in [-0.3, -0.25) is 10.1 Å². The molecule has 0 aromatic heterocycles. The maximum Gasteiger partial charge on any atom is 0.335 e. The number of allylic oxidation sites excluding steroid dienone is 1. The predicted molar refractivity (Wildman–Crippen MR) is 62.9 cm³/mol. The molecule has 0 spiro atoms. The molecule has 0 N–H and O–H groups in total. The number of carbonyl (C=O) groups excluding carboxylic acids is 1. The molecule has 0 radical (unpaired) electrons. The van der Waals surface area contributed by atoms with Crippen molar-refractivity contribution in [3.8, 4) is 5.75 Å². The Morgan fingerprint density at radius 1 is 1.56 bits per heavy atom. The molecule has 18 heavy (non-hydrogen) atoms. The molecular weight excluding hydrogens is 241 g/mol. The topological polar surface area (TPSA) is 69.4 Å². The van der Waals surface area contributed by atoms with Crippen molar-refractivity contribution in [3.05, 3.63) is 45.8 Å². The molecule has 0 unspecified atom stereocenters. The third kappa shape index (κ3) is 2.91. The van der Waals surface area contributed by atoms with Crippen LogP contribution < -0.4 is 4.74 Å². The minimum Gasteiger partial charge on any atom is -0.420 e. The summed E-state index contributed by atoms with van der Waals surface area (Å²) in [6, 6.07) is 1.97. The molecule has 1 rings (SSSR count). The van der Waals surface area contributed by atoms with Gasteiger partial charge in [0, 0.05) is 12.1 Å². The average Bonchev–Trinajstić information content (AvgIpc) is 2.31. The van der Waals surface area contributed by atoms with E-state index in [-0.39, 0.29) is 23.4 Å². The Bertz CT molecular complexity index is 511. The molecule has 0 aliphatic heterocycles. The van der Waals surface area contributed by atoms with Crippen molar-refractivity contribution in [2.24, 2.45) is 0 Å². The summed E-state index contributed by atoms with van der Waals surface area (Å²) in [5.41, 5.74) is -0.194. The molecule has 0 atom stereocenters. The summed E-state index contributed by atoms with van der Waals surface area (Å²) >= 11 is 0. The quantitative estimate of drug-likeness (QED) is 0.272. The zero-order chi connectivity index (χ0) is 13.7. The van der Waals surface area contributed by atoms with Crippen LogP contribution in [0.4, 0.5) is 10.1 Å². The number of ether oxygens (including phenoxy) is 1. The molecule has 1 aromatic rings. The van der Waals surface area contributed by atoms with E-state index in [1.54, 1.807) is 13.8 Å². The van der Waals surface area contributed by atoms with Gasteiger partial charge in [-0.2, -0.15) is 0 Å². The summed E-state index contributed by atoms with van der Waals surface area (Å²) in [6.45, 7) is 3.22. The van der Waals surface area contributed by atoms with E-state index < -0.39 is 16.7 Å². The van der Waals surface area contributed by atoms with E-state index in [9.17, 15) is 19.3 Å². The van der Waals surface area contributed by atoms with E-state index >= 15 is 0 Å². The number of hydrogen-bond donors (Lipinski definition) is 0. The number of hydrogen-bond acceptors (Lipinski definition) is 4. The number of benzene rings is 1. The van der Waals surface area contributed by atoms with Crippen LogP contribution in [0.5, 0.6) is 5.75 Å². The monoisotopic (exact) mass is 253 g/mol. The zero-order valence-electron chi connectivity index (χ0n) is 9.97. The van der Waals surface area contributed by atoms with Crippen molar-refractivity contribution < 1.29 is 18.8 Å². The number of rotatable bonds is 4. The Balaban J connectivity index is 3.28. The number of nitro groups is 1. The normalized spacial score (nSPS) is 10.6. The Labute approximate surface area is 103 Å². The smallest absolute Gasteiger partial charge is 0.335 e. The van der Waals surface area contributed by atoms with Gasteiger partial charge in [-0.05, 0) is 19.4 Å². The van der Waals surface area contributed by atoms with Crippen LogP contribution in [0.25, 0.3) is 0 Å². The van der Waals surface area contributed by atoms with Gasteiger partial charge in [0.05, 0.1) is 10.5 Å². The van der Waals surface area contributed by atoms with Gasteiger partial charge in [0.2, 0.25) is 0 Å². The van der Waals surface area contributed by atoms with Crippen LogP contribution in [0.15, 0.2) is 24.3 Å². The van der Waals surface area contributed by atoms with Crippen LogP contribution >= 0.6 is 0 Å². The maximum atomic E-state index is 13.6. The highest BCUT2D eigenvalue weighted by molar-refractivity contribution is 5.84. The van der Waals surface area contributed by atoms with E-state index in [1.165, 1.54) is 6.08 Å². The lowest BCUT2D eigenvalue weighted by molar-refractivity contribution is -0.385. The maximum absolute atomic E-state index is 13.6. The lowest BCUT2D eigenvalue weighted by Gasteiger charge is -2.08. The first-order chi connectivity index (χ1) is 8.51. The molecule has 96 valence electrons. The molecule has 0 saturated heterocycles. The Morgan fingerprint density at radius 2 is 2.22 bits per heavy atom. The van der Waals surface area contributed by atoms with E-state index in [0.29, 0.717) is 0 Å². The second-order valence-corrected chi connectivity index (χ2v) is 3.41. The number of nitro benzene ring substituents is 1. The summed E-state index contributed by atoms with van der Waals surface area (Å²) < 4.78 is 18.4. The Morgan fingerprint density at radius 3 is 2.72 bits per heavy atom. The molecule has 5 nitrogen and oxygen atoms in total. The summed E-state index contributed by atoms with van der Waals surface area (Å²) in [5, 5.41) is 10.8. The molecule has 0 saturated carbocycles. The number of halogens is 1. The summed E-state index contributed by atoms with van der Waals surface area (Å²) in [5.74, 6) is -1.95. The third-order valence-corrected chi connectivity index (χ3v) is 2.24. The van der Waals surface area contributed by atoms with Crippen LogP contribution in [-0.4, -0.2) is 10.9 Å². The average molecular weight is 253 g/mol. The van der Waals surface area contributed by atoms with Gasteiger partial charge in [-0.1, -0.05) is 13.0 Å². The van der Waals surface area contributed by atoms with Gasteiger partial charge >= 0.3 is 5.97 Å². The van der Waals surface area contributed by atoms with Crippen molar-refractivity contribution >= 4 is 11.7 Å². The van der Waals surface area contributed by atoms with Crippen molar-refractivity contribution in [1.82, 2.24) is 0 Å². The van der Waals surface area contributed by atoms with E-state index in [1.807, 2.05) is 0 Å². The van der Waals surface area contributed by atoms with Crippen molar-refractivity contribution in [2.45, 2.75) is 20.3 Å². The van der Waals surface area contributed by atoms with Gasteiger partial charge in [0.15, 0.2) is 11.6 Å². The van der Waals surface area contributed by atoms with E-state index in [0.717, 1.165) is 18.2 Å². The first-order valence-corrected chi connectivity index (χ1v) is 5.31. The fourth-order valence-electron chi connectivity index (χ4n) is 1.48. The molecule has 0 aliphatic carbocycles. The minimum atomic E-state index is -0.796. The van der Waals surface area contributed by atoms with E-state index in [2.05, 4.69) is 0 Å². The summed E-state index contributed by atoms with van der Waals surface area (Å²) in [6.07, 6.45) is 2.73. The molecule has 0 aliphatic rings. The highest BCUT2D eigenvalue weighted by Gasteiger charge is 2.22. The number of nitrogens with zero attached hydrogens (tertiary/aromatic N) is 1. The number of esters is 1. The predicted octanol–water partition coefficient (Wildman–Crippen LogP) is 2.78. The fourth-order valence-corrected chi connectivity index (χ4v) is 1.48. The molecule has 0 heterocycles. The van der Waals surface area contributed by atoms with Crippen LogP contribution in [0.1, 0.15) is 19.4 Å². The highest BCUT2D eigenvalue weighted by atomic mass is 19.1. The van der Waals surface area contributed by atoms with Crippen molar-refractivity contribution in [1.29, 1.82) is 0 Å². The van der Waals surface area contributed by atoms with Crippen LogP contribution in [0, 0.1) is 15.9 Å². The fraction of sp³-hybridized carbons (Fsp3) is 0.250. The zero-order valence-corrected chi connectivity index (χ0v) is 9.97. The summed E-state index contributed by atoms with van der Waals surface area (Å²) in [7, 11) is 0. The minimum absolute atomic E-state index is 0.0675. The summed E-state index contributed by atoms with van der Waals surface area (Å²) in [4.78, 5) is 21.4. The molecule has 0 fully saturated rings. The lowest BCUT2D eigenvalue weighted by Crippen LogP contribution is -2.09. The van der Waals surface area contributed by atoms with E-state index in [4.69, 9.17) is 4.74 Å². The van der Waals surface area contributed by atoms with Gasteiger partial charge < -0.3 is 4.74 Å². The molecule has 0 amide bonds. The van der Waals surface area contributed by atoms with Crippen molar-refractivity contribution in [3.63, 3.8) is 0 Å². The van der Waals surface area contributed by atoms with Crippen molar-refractivity contribution in [2.75, 3.05) is 0 Å². The SMILES string of the molecule is CC=CC(=O)Oc1c(F)ccc([N+](=O)[O-])c1CC. The van der Waals surface area contributed by atoms with Gasteiger partial charge in [0.1, 0.15) is 0 Å². The second kappa shape index (κ2) is 5.90. The lowest BCUT2D eigenvalue weighted by atomic mass is 10.1. The Kier molecular flexibility index (Phi) is 4.53.